The Balaban J connectivity index is 2.12. The van der Waals surface area contributed by atoms with Gasteiger partial charge in [-0.1, -0.05) is 0 Å². The monoisotopic (exact) mass is 324 g/mol. The number of aryl methyl sites for hydroxylation is 1. The van der Waals surface area contributed by atoms with Crippen LogP contribution in [0.15, 0.2) is 22.9 Å². The standard InChI is InChI=1S/C11H13BrN6O/c1-6-7(4-16-18-6)3-15-11(19)9-2-8(12)5-14-10(9)17-13/h2,4-5H,3,13H2,1H3,(H,14,17)(H,15,19)(H,16,18). The summed E-state index contributed by atoms with van der Waals surface area (Å²) < 4.78 is 0.705. The van der Waals surface area contributed by atoms with E-state index < -0.39 is 0 Å². The zero-order valence-corrected chi connectivity index (χ0v) is 11.8. The highest BCUT2D eigenvalue weighted by molar-refractivity contribution is 9.10. The number of pyridine rings is 1. The number of nitrogen functional groups attached to an aromatic ring is 1. The third-order valence-corrected chi connectivity index (χ3v) is 3.04. The van der Waals surface area contributed by atoms with Gasteiger partial charge >= 0.3 is 0 Å². The lowest BCUT2D eigenvalue weighted by molar-refractivity contribution is 0.0951. The maximum absolute atomic E-state index is 12.1. The smallest absolute Gasteiger partial charge is 0.255 e. The summed E-state index contributed by atoms with van der Waals surface area (Å²) in [7, 11) is 0. The van der Waals surface area contributed by atoms with E-state index in [9.17, 15) is 4.79 Å². The fraction of sp³-hybridized carbons (Fsp3) is 0.182. The summed E-state index contributed by atoms with van der Waals surface area (Å²) in [5, 5.41) is 9.49. The van der Waals surface area contributed by atoms with E-state index in [4.69, 9.17) is 5.84 Å². The average molecular weight is 325 g/mol. The average Bonchev–Trinajstić information content (AvgIpc) is 2.81. The number of H-pyrrole nitrogens is 1. The number of anilines is 1. The van der Waals surface area contributed by atoms with E-state index in [1.54, 1.807) is 18.5 Å². The number of nitrogens with two attached hydrogens (primary N) is 1. The van der Waals surface area contributed by atoms with E-state index in [2.05, 4.69) is 41.9 Å². The molecule has 0 spiro atoms. The zero-order valence-electron chi connectivity index (χ0n) is 10.2. The molecule has 0 fully saturated rings. The number of carbonyl (C=O) groups excluding carboxylic acids is 1. The Hall–Kier alpha value is -1.93. The number of rotatable bonds is 4. The number of halogens is 1. The van der Waals surface area contributed by atoms with E-state index in [1.807, 2.05) is 6.92 Å². The van der Waals surface area contributed by atoms with E-state index in [0.717, 1.165) is 11.3 Å². The minimum Gasteiger partial charge on any atom is -0.348 e. The van der Waals surface area contributed by atoms with E-state index in [-0.39, 0.29) is 5.91 Å². The molecule has 100 valence electrons. The van der Waals surface area contributed by atoms with Crippen molar-refractivity contribution in [1.29, 1.82) is 0 Å². The molecule has 2 aromatic heterocycles. The van der Waals surface area contributed by atoms with Gasteiger partial charge in [-0.05, 0) is 28.9 Å². The number of nitrogens with zero attached hydrogens (tertiary/aromatic N) is 2. The maximum atomic E-state index is 12.1. The molecule has 1 amide bonds. The van der Waals surface area contributed by atoms with Crippen molar-refractivity contribution in [3.63, 3.8) is 0 Å². The maximum Gasteiger partial charge on any atom is 0.255 e. The minimum atomic E-state index is -0.262. The first-order valence-corrected chi connectivity index (χ1v) is 6.30. The van der Waals surface area contributed by atoms with Gasteiger partial charge in [0.05, 0.1) is 11.8 Å². The number of amides is 1. The largest absolute Gasteiger partial charge is 0.348 e. The van der Waals surface area contributed by atoms with Crippen LogP contribution in [0.5, 0.6) is 0 Å². The fourth-order valence-corrected chi connectivity index (χ4v) is 1.88. The summed E-state index contributed by atoms with van der Waals surface area (Å²) in [5.41, 5.74) is 4.62. The van der Waals surface area contributed by atoms with Gasteiger partial charge in [0.2, 0.25) is 0 Å². The molecule has 2 rings (SSSR count). The van der Waals surface area contributed by atoms with Crippen molar-refractivity contribution in [2.24, 2.45) is 5.84 Å². The van der Waals surface area contributed by atoms with Crippen molar-refractivity contribution in [1.82, 2.24) is 20.5 Å². The molecule has 8 heteroatoms. The highest BCUT2D eigenvalue weighted by Crippen LogP contribution is 2.17. The van der Waals surface area contributed by atoms with Gasteiger partial charge < -0.3 is 10.7 Å². The zero-order chi connectivity index (χ0) is 13.8. The molecule has 2 heterocycles. The molecule has 0 aliphatic rings. The van der Waals surface area contributed by atoms with Crippen molar-refractivity contribution in [2.45, 2.75) is 13.5 Å². The van der Waals surface area contributed by atoms with Crippen molar-refractivity contribution in [3.8, 4) is 0 Å². The van der Waals surface area contributed by atoms with Gasteiger partial charge in [-0.2, -0.15) is 5.10 Å². The molecule has 0 saturated heterocycles. The number of hydrogen-bond acceptors (Lipinski definition) is 5. The molecular weight excluding hydrogens is 312 g/mol. The first-order chi connectivity index (χ1) is 9.11. The van der Waals surface area contributed by atoms with Crippen LogP contribution in [0.1, 0.15) is 21.6 Å². The predicted octanol–water partition coefficient (Wildman–Crippen LogP) is 1.09. The molecular formula is C11H13BrN6O. The van der Waals surface area contributed by atoms with Crippen molar-refractivity contribution >= 4 is 27.7 Å². The first kappa shape index (κ1) is 13.5. The third kappa shape index (κ3) is 3.09. The fourth-order valence-electron chi connectivity index (χ4n) is 1.55. The molecule has 19 heavy (non-hydrogen) atoms. The highest BCUT2D eigenvalue weighted by Gasteiger charge is 2.13. The molecule has 0 radical (unpaired) electrons. The van der Waals surface area contributed by atoms with Crippen LogP contribution in [-0.4, -0.2) is 21.1 Å². The lowest BCUT2D eigenvalue weighted by atomic mass is 10.2. The molecule has 7 nitrogen and oxygen atoms in total. The molecule has 0 saturated carbocycles. The van der Waals surface area contributed by atoms with Gasteiger partial charge in [-0.25, -0.2) is 10.8 Å². The second-order valence-electron chi connectivity index (χ2n) is 3.90. The normalized spacial score (nSPS) is 10.3. The number of aromatic nitrogens is 3. The van der Waals surface area contributed by atoms with E-state index >= 15 is 0 Å². The van der Waals surface area contributed by atoms with Gasteiger partial charge in [0, 0.05) is 28.5 Å². The van der Waals surface area contributed by atoms with Gasteiger partial charge in [0.25, 0.3) is 5.91 Å². The van der Waals surface area contributed by atoms with E-state index in [0.29, 0.717) is 22.4 Å². The first-order valence-electron chi connectivity index (χ1n) is 5.51. The molecule has 0 aromatic carbocycles. The van der Waals surface area contributed by atoms with Crippen LogP contribution < -0.4 is 16.6 Å². The summed E-state index contributed by atoms with van der Waals surface area (Å²) in [6.07, 6.45) is 3.24. The second-order valence-corrected chi connectivity index (χ2v) is 4.81. The second kappa shape index (κ2) is 5.81. The Morgan fingerprint density at radius 3 is 2.95 bits per heavy atom. The number of nitrogens with one attached hydrogen (secondary N) is 3. The Kier molecular flexibility index (Phi) is 4.13. The van der Waals surface area contributed by atoms with Gasteiger partial charge in [-0.15, -0.1) is 0 Å². The number of hydrazine groups is 1. The Morgan fingerprint density at radius 1 is 1.53 bits per heavy atom. The Bertz CT molecular complexity index is 597. The molecule has 5 N–H and O–H groups in total. The summed E-state index contributed by atoms with van der Waals surface area (Å²) in [6, 6.07) is 1.65. The predicted molar refractivity (Wildman–Crippen MR) is 74.2 cm³/mol. The molecule has 0 unspecified atom stereocenters. The third-order valence-electron chi connectivity index (χ3n) is 2.61. The Labute approximate surface area is 118 Å². The van der Waals surface area contributed by atoms with Gasteiger partial charge in [-0.3, -0.25) is 9.89 Å². The van der Waals surface area contributed by atoms with Crippen LogP contribution in [0, 0.1) is 6.92 Å². The summed E-state index contributed by atoms with van der Waals surface area (Å²) in [6.45, 7) is 2.28. The summed E-state index contributed by atoms with van der Waals surface area (Å²) >= 11 is 3.27. The van der Waals surface area contributed by atoms with Crippen LogP contribution in [0.4, 0.5) is 5.82 Å². The van der Waals surface area contributed by atoms with Crippen molar-refractivity contribution < 1.29 is 4.79 Å². The summed E-state index contributed by atoms with van der Waals surface area (Å²) in [4.78, 5) is 16.1. The number of carbonyl (C=O) groups is 1. The van der Waals surface area contributed by atoms with E-state index in [1.165, 1.54) is 0 Å². The molecule has 0 bridgehead atoms. The van der Waals surface area contributed by atoms with Crippen LogP contribution >= 0.6 is 15.9 Å². The lowest BCUT2D eigenvalue weighted by Crippen LogP contribution is -2.25. The minimum absolute atomic E-state index is 0.262. The van der Waals surface area contributed by atoms with Gasteiger partial charge in [0.15, 0.2) is 5.82 Å². The van der Waals surface area contributed by atoms with Crippen LogP contribution in [0.2, 0.25) is 0 Å². The number of aromatic amines is 1. The quantitative estimate of drug-likeness (QED) is 0.497. The molecule has 2 aromatic rings. The molecule has 0 atom stereocenters. The van der Waals surface area contributed by atoms with Crippen LogP contribution in [0.3, 0.4) is 0 Å². The lowest BCUT2D eigenvalue weighted by Gasteiger charge is -2.09. The topological polar surface area (TPSA) is 109 Å². The van der Waals surface area contributed by atoms with Gasteiger partial charge in [0.1, 0.15) is 0 Å². The SMILES string of the molecule is Cc1[nH]ncc1CNC(=O)c1cc(Br)cnc1NN. The highest BCUT2D eigenvalue weighted by atomic mass is 79.9. The number of hydrogen-bond donors (Lipinski definition) is 4. The van der Waals surface area contributed by atoms with Crippen LogP contribution in [0.25, 0.3) is 0 Å². The summed E-state index contributed by atoms with van der Waals surface area (Å²) in [5.74, 6) is 5.39. The molecule has 0 aliphatic heterocycles. The van der Waals surface area contributed by atoms with Crippen molar-refractivity contribution in [3.05, 3.63) is 39.8 Å². The Morgan fingerprint density at radius 2 is 2.32 bits per heavy atom. The molecule has 0 aliphatic carbocycles. The van der Waals surface area contributed by atoms with Crippen LogP contribution in [-0.2, 0) is 6.54 Å². The van der Waals surface area contributed by atoms with Crippen molar-refractivity contribution in [2.75, 3.05) is 5.43 Å².